The summed E-state index contributed by atoms with van der Waals surface area (Å²) >= 11 is 0. The summed E-state index contributed by atoms with van der Waals surface area (Å²) in [5.74, 6) is -1.97. The molecule has 0 amide bonds. The lowest BCUT2D eigenvalue weighted by Crippen LogP contribution is -2.35. The van der Waals surface area contributed by atoms with Crippen molar-refractivity contribution in [3.05, 3.63) is 6.92 Å². The summed E-state index contributed by atoms with van der Waals surface area (Å²) in [5, 5.41) is 9.11. The first-order chi connectivity index (χ1) is 7.56. The van der Waals surface area contributed by atoms with Crippen LogP contribution in [0.15, 0.2) is 0 Å². The van der Waals surface area contributed by atoms with Crippen molar-refractivity contribution < 1.29 is 32.6 Å². The Kier molecular flexibility index (Phi) is 6.65. The molecule has 5 nitrogen and oxygen atoms in total. The maximum atomic E-state index is 12.0. The van der Waals surface area contributed by atoms with Crippen LogP contribution in [0, 0.1) is 6.92 Å². The van der Waals surface area contributed by atoms with Crippen LogP contribution in [-0.2, 0) is 4.57 Å². The Morgan fingerprint density at radius 3 is 2.18 bits per heavy atom. The molecule has 0 aliphatic rings. The monoisotopic (exact) mass is 278 g/mol. The summed E-state index contributed by atoms with van der Waals surface area (Å²) in [6.45, 7) is 2.65. The van der Waals surface area contributed by atoms with Crippen LogP contribution in [0.3, 0.4) is 0 Å². The smallest absolute Gasteiger partial charge is 0.379 e. The van der Waals surface area contributed by atoms with Gasteiger partial charge >= 0.3 is 13.8 Å². The highest BCUT2D eigenvalue weighted by atomic mass is 31.2. The summed E-state index contributed by atoms with van der Waals surface area (Å²) in [7, 11) is -4.69. The quantitative estimate of drug-likeness (QED) is 0.604. The van der Waals surface area contributed by atoms with Gasteiger partial charge in [-0.2, -0.15) is 13.2 Å². The van der Waals surface area contributed by atoms with Gasteiger partial charge < -0.3 is 14.9 Å². The second-order valence-corrected chi connectivity index (χ2v) is 5.36. The molecule has 0 bridgehead atoms. The van der Waals surface area contributed by atoms with Crippen molar-refractivity contribution >= 4 is 7.60 Å². The highest BCUT2D eigenvalue weighted by Crippen LogP contribution is 2.39. The lowest BCUT2D eigenvalue weighted by Gasteiger charge is -2.25. The molecule has 0 aliphatic heterocycles. The second-order valence-electron chi connectivity index (χ2n) is 3.59. The highest BCUT2D eigenvalue weighted by molar-refractivity contribution is 7.52. The Morgan fingerprint density at radius 1 is 1.29 bits per heavy atom. The number of hydrogen-bond acceptors (Lipinski definition) is 3. The van der Waals surface area contributed by atoms with Crippen molar-refractivity contribution in [3.63, 3.8) is 0 Å². The fourth-order valence-corrected chi connectivity index (χ4v) is 1.58. The van der Waals surface area contributed by atoms with Crippen LogP contribution in [0.1, 0.15) is 12.8 Å². The van der Waals surface area contributed by atoms with Gasteiger partial charge in [-0.15, -0.1) is 0 Å². The Hall–Kier alpha value is -0.140. The molecule has 1 atom stereocenters. The molecule has 103 valence electrons. The van der Waals surface area contributed by atoms with E-state index >= 15 is 0 Å². The summed E-state index contributed by atoms with van der Waals surface area (Å²) in [6, 6.07) is 0. The van der Waals surface area contributed by atoms with Crippen LogP contribution in [0.5, 0.6) is 0 Å². The van der Waals surface area contributed by atoms with E-state index in [2.05, 4.69) is 6.92 Å². The third-order valence-corrected chi connectivity index (χ3v) is 2.94. The number of alkyl halides is 3. The van der Waals surface area contributed by atoms with Crippen molar-refractivity contribution in [2.24, 2.45) is 0 Å². The molecule has 3 N–H and O–H groups in total. The average Bonchev–Trinajstić information content (AvgIpc) is 2.11. The zero-order valence-electron chi connectivity index (χ0n) is 9.10. The van der Waals surface area contributed by atoms with Gasteiger partial charge in [0, 0.05) is 13.1 Å². The fraction of sp³-hybridized carbons (Fsp3) is 0.875. The number of aliphatic hydroxyl groups excluding tert-OH is 1. The maximum absolute atomic E-state index is 12.0. The van der Waals surface area contributed by atoms with Crippen molar-refractivity contribution in [2.45, 2.75) is 24.9 Å². The van der Waals surface area contributed by atoms with Gasteiger partial charge in [-0.3, -0.25) is 9.46 Å². The maximum Gasteiger partial charge on any atom is 0.390 e. The Bertz CT molecular complexity index is 268. The van der Waals surface area contributed by atoms with Crippen LogP contribution in [0.4, 0.5) is 13.2 Å². The Labute approximate surface area is 97.4 Å². The van der Waals surface area contributed by atoms with Crippen molar-refractivity contribution in [2.75, 3.05) is 19.6 Å². The molecule has 0 saturated carbocycles. The minimum atomic E-state index is -4.69. The van der Waals surface area contributed by atoms with Gasteiger partial charge in [0.1, 0.15) is 0 Å². The van der Waals surface area contributed by atoms with E-state index in [1.54, 1.807) is 0 Å². The molecule has 0 rings (SSSR count). The largest absolute Gasteiger partial charge is 0.390 e. The molecule has 0 saturated heterocycles. The molecule has 0 aliphatic carbocycles. The molecule has 1 unspecified atom stereocenters. The molecule has 0 fully saturated rings. The Balaban J connectivity index is 4.29. The summed E-state index contributed by atoms with van der Waals surface area (Å²) in [4.78, 5) is 18.4. The molecular weight excluding hydrogens is 262 g/mol. The van der Waals surface area contributed by atoms with Gasteiger partial charge in [-0.1, -0.05) is 6.92 Å². The van der Waals surface area contributed by atoms with Gasteiger partial charge in [-0.05, 0) is 13.0 Å². The van der Waals surface area contributed by atoms with Crippen LogP contribution in [-0.4, -0.2) is 51.4 Å². The standard InChI is InChI=1S/C8H16F3NO4P/c1-2-4-12(5-3-8(9,10)11)6-7(13)17(14,15)16/h7,13H,1-6H2,(H2,14,15,16). The van der Waals surface area contributed by atoms with Crippen molar-refractivity contribution in [1.82, 2.24) is 4.90 Å². The highest BCUT2D eigenvalue weighted by Gasteiger charge is 2.31. The summed E-state index contributed by atoms with van der Waals surface area (Å²) in [6.07, 6.45) is -5.15. The van der Waals surface area contributed by atoms with Crippen LogP contribution >= 0.6 is 7.60 Å². The summed E-state index contributed by atoms with van der Waals surface area (Å²) in [5.41, 5.74) is 0. The van der Waals surface area contributed by atoms with Crippen LogP contribution in [0.25, 0.3) is 0 Å². The summed E-state index contributed by atoms with van der Waals surface area (Å²) < 4.78 is 46.6. The first-order valence-electron chi connectivity index (χ1n) is 4.88. The van der Waals surface area contributed by atoms with E-state index in [0.717, 1.165) is 4.90 Å². The van der Waals surface area contributed by atoms with E-state index in [1.165, 1.54) is 0 Å². The minimum Gasteiger partial charge on any atom is -0.379 e. The van der Waals surface area contributed by atoms with E-state index in [-0.39, 0.29) is 13.0 Å². The minimum absolute atomic E-state index is 0.132. The van der Waals surface area contributed by atoms with Gasteiger partial charge in [0.05, 0.1) is 6.42 Å². The topological polar surface area (TPSA) is 81.0 Å². The average molecular weight is 278 g/mol. The molecule has 17 heavy (non-hydrogen) atoms. The molecule has 0 heterocycles. The van der Waals surface area contributed by atoms with E-state index < -0.39 is 39.1 Å². The zero-order chi connectivity index (χ0) is 13.7. The fourth-order valence-electron chi connectivity index (χ4n) is 1.14. The number of aliphatic hydroxyl groups is 1. The third-order valence-electron chi connectivity index (χ3n) is 2.00. The number of halogens is 3. The molecule has 0 aromatic heterocycles. The van der Waals surface area contributed by atoms with E-state index in [9.17, 15) is 17.7 Å². The van der Waals surface area contributed by atoms with Crippen molar-refractivity contribution in [3.8, 4) is 0 Å². The number of rotatable bonds is 7. The Morgan fingerprint density at radius 2 is 1.82 bits per heavy atom. The lowest BCUT2D eigenvalue weighted by atomic mass is 10.3. The number of nitrogens with zero attached hydrogens (tertiary/aromatic N) is 1. The predicted molar refractivity (Wildman–Crippen MR) is 55.1 cm³/mol. The lowest BCUT2D eigenvalue weighted by molar-refractivity contribution is -0.138. The SMILES string of the molecule is [CH2]CCN(CCC(F)(F)F)CC(O)P(=O)(O)O. The zero-order valence-corrected chi connectivity index (χ0v) is 9.99. The van der Waals surface area contributed by atoms with Gasteiger partial charge in [-0.25, -0.2) is 0 Å². The molecule has 9 heteroatoms. The van der Waals surface area contributed by atoms with Gasteiger partial charge in [0.2, 0.25) is 0 Å². The molecular formula is C8H16F3NO4P. The molecule has 1 radical (unpaired) electrons. The van der Waals surface area contributed by atoms with Crippen LogP contribution < -0.4 is 0 Å². The molecule has 0 aromatic rings. The van der Waals surface area contributed by atoms with E-state index in [4.69, 9.17) is 14.9 Å². The second kappa shape index (κ2) is 6.70. The van der Waals surface area contributed by atoms with Crippen molar-refractivity contribution in [1.29, 1.82) is 0 Å². The van der Waals surface area contributed by atoms with Gasteiger partial charge in [0.15, 0.2) is 5.85 Å². The first kappa shape index (κ1) is 16.9. The van der Waals surface area contributed by atoms with Crippen LogP contribution in [0.2, 0.25) is 0 Å². The third kappa shape index (κ3) is 8.57. The number of hydrogen-bond donors (Lipinski definition) is 3. The van der Waals surface area contributed by atoms with E-state index in [1.807, 2.05) is 0 Å². The molecule has 0 aromatic carbocycles. The van der Waals surface area contributed by atoms with Gasteiger partial charge in [0.25, 0.3) is 0 Å². The van der Waals surface area contributed by atoms with E-state index in [0.29, 0.717) is 0 Å². The normalized spacial score (nSPS) is 15.3. The first-order valence-corrected chi connectivity index (χ1v) is 6.56. The molecule has 0 spiro atoms. The predicted octanol–water partition coefficient (Wildman–Crippen LogP) is 0.961.